The predicted molar refractivity (Wildman–Crippen MR) is 81.9 cm³/mol. The second-order valence-electron chi connectivity index (χ2n) is 4.91. The second kappa shape index (κ2) is 10.5. The summed E-state index contributed by atoms with van der Waals surface area (Å²) in [4.78, 5) is 4.50. The third kappa shape index (κ3) is 7.11. The van der Waals surface area contributed by atoms with E-state index < -0.39 is 0 Å². The van der Waals surface area contributed by atoms with Gasteiger partial charge in [-0.3, -0.25) is 10.4 Å². The van der Waals surface area contributed by atoms with E-state index in [1.54, 1.807) is 0 Å². The first-order valence-electron chi connectivity index (χ1n) is 7.13. The fourth-order valence-electron chi connectivity index (χ4n) is 2.30. The molecule has 4 nitrogen and oxygen atoms in total. The van der Waals surface area contributed by atoms with Crippen LogP contribution in [0, 0.1) is 0 Å². The zero-order valence-corrected chi connectivity index (χ0v) is 12.4. The lowest BCUT2D eigenvalue weighted by atomic mass is 9.96. The van der Waals surface area contributed by atoms with Gasteiger partial charge in [-0.1, -0.05) is 25.7 Å². The Morgan fingerprint density at radius 1 is 1.22 bits per heavy atom. The highest BCUT2D eigenvalue weighted by molar-refractivity contribution is 7.98. The van der Waals surface area contributed by atoms with E-state index in [2.05, 4.69) is 22.0 Å². The quantitative estimate of drug-likeness (QED) is 0.219. The smallest absolute Gasteiger partial charge is 0.205 e. The highest BCUT2D eigenvalue weighted by atomic mass is 32.2. The monoisotopic (exact) mass is 272 g/mol. The molecule has 0 bridgehead atoms. The molecule has 0 atom stereocenters. The first-order chi connectivity index (χ1) is 8.86. The number of nitrogens with zero attached hydrogens (tertiary/aromatic N) is 1. The Balaban J connectivity index is 2.14. The number of guanidine groups is 1. The van der Waals surface area contributed by atoms with Crippen LogP contribution in [0.25, 0.3) is 0 Å². The number of nitrogens with two attached hydrogens (primary N) is 1. The largest absolute Gasteiger partial charge is 0.353 e. The summed E-state index contributed by atoms with van der Waals surface area (Å²) in [5.41, 5.74) is 2.69. The van der Waals surface area contributed by atoms with E-state index >= 15 is 0 Å². The molecule has 0 radical (unpaired) electrons. The lowest BCUT2D eigenvalue weighted by Crippen LogP contribution is -2.47. The molecule has 1 fully saturated rings. The van der Waals surface area contributed by atoms with Gasteiger partial charge in [-0.25, -0.2) is 5.84 Å². The summed E-state index contributed by atoms with van der Waals surface area (Å²) in [6, 6.07) is 0.560. The molecule has 0 spiro atoms. The van der Waals surface area contributed by atoms with Crippen LogP contribution >= 0.6 is 11.8 Å². The van der Waals surface area contributed by atoms with Gasteiger partial charge in [-0.05, 0) is 37.7 Å². The molecule has 0 saturated heterocycles. The van der Waals surface area contributed by atoms with Crippen LogP contribution in [0.3, 0.4) is 0 Å². The predicted octanol–water partition coefficient (Wildman–Crippen LogP) is 2.26. The van der Waals surface area contributed by atoms with E-state index in [9.17, 15) is 0 Å². The van der Waals surface area contributed by atoms with E-state index in [-0.39, 0.29) is 0 Å². The van der Waals surface area contributed by atoms with E-state index in [1.807, 2.05) is 11.8 Å². The molecule has 0 aromatic heterocycles. The van der Waals surface area contributed by atoms with Gasteiger partial charge in [0, 0.05) is 12.6 Å². The molecule has 0 aromatic rings. The van der Waals surface area contributed by atoms with Gasteiger partial charge < -0.3 is 5.32 Å². The molecule has 0 aliphatic heterocycles. The van der Waals surface area contributed by atoms with Crippen molar-refractivity contribution in [2.24, 2.45) is 10.8 Å². The van der Waals surface area contributed by atoms with Crippen LogP contribution in [-0.4, -0.2) is 30.6 Å². The number of aliphatic imine (C=N–C) groups is 1. The minimum Gasteiger partial charge on any atom is -0.353 e. The SMILES string of the molecule is CSCCCCCN=C(NN)NC1CCCCC1. The molecule has 18 heavy (non-hydrogen) atoms. The van der Waals surface area contributed by atoms with Crippen LogP contribution in [0.2, 0.25) is 0 Å². The lowest BCUT2D eigenvalue weighted by Gasteiger charge is -2.24. The number of hydrogen-bond acceptors (Lipinski definition) is 3. The molecule has 4 N–H and O–H groups in total. The number of hydrazine groups is 1. The number of nitrogens with one attached hydrogen (secondary N) is 2. The first kappa shape index (κ1) is 15.6. The van der Waals surface area contributed by atoms with Crippen LogP contribution < -0.4 is 16.6 Å². The molecule has 1 aliphatic rings. The molecule has 1 rings (SSSR count). The molecule has 106 valence electrons. The standard InChI is InChI=1S/C13H28N4S/c1-18-11-7-3-6-10-15-13(17-14)16-12-8-4-2-5-9-12/h12H,2-11,14H2,1H3,(H2,15,16,17). The summed E-state index contributed by atoms with van der Waals surface area (Å²) >= 11 is 1.91. The Bertz CT molecular complexity index is 227. The average molecular weight is 272 g/mol. The molecule has 0 amide bonds. The zero-order chi connectivity index (χ0) is 13.1. The highest BCUT2D eigenvalue weighted by Gasteiger charge is 2.13. The fourth-order valence-corrected chi connectivity index (χ4v) is 2.79. The summed E-state index contributed by atoms with van der Waals surface area (Å²) < 4.78 is 0. The fraction of sp³-hybridized carbons (Fsp3) is 0.923. The van der Waals surface area contributed by atoms with Gasteiger partial charge in [0.25, 0.3) is 0 Å². The van der Waals surface area contributed by atoms with Crippen molar-refractivity contribution in [3.8, 4) is 0 Å². The maximum Gasteiger partial charge on any atom is 0.205 e. The molecule has 5 heteroatoms. The molecular weight excluding hydrogens is 244 g/mol. The van der Waals surface area contributed by atoms with E-state index in [1.165, 1.54) is 50.7 Å². The Morgan fingerprint density at radius 2 is 2.00 bits per heavy atom. The van der Waals surface area contributed by atoms with Gasteiger partial charge in [0.05, 0.1) is 0 Å². The van der Waals surface area contributed by atoms with Gasteiger partial charge in [-0.2, -0.15) is 11.8 Å². The van der Waals surface area contributed by atoms with Crippen molar-refractivity contribution in [2.75, 3.05) is 18.6 Å². The topological polar surface area (TPSA) is 62.4 Å². The molecule has 1 aliphatic carbocycles. The lowest BCUT2D eigenvalue weighted by molar-refractivity contribution is 0.410. The Hall–Kier alpha value is -0.420. The third-order valence-electron chi connectivity index (χ3n) is 3.36. The average Bonchev–Trinajstić information content (AvgIpc) is 2.42. The normalized spacial score (nSPS) is 17.8. The number of hydrogen-bond donors (Lipinski definition) is 3. The Morgan fingerprint density at radius 3 is 2.67 bits per heavy atom. The third-order valence-corrected chi connectivity index (χ3v) is 4.06. The van der Waals surface area contributed by atoms with Gasteiger partial charge in [0.2, 0.25) is 5.96 Å². The summed E-state index contributed by atoms with van der Waals surface area (Å²) in [6.07, 6.45) is 12.4. The molecule has 0 heterocycles. The van der Waals surface area contributed by atoms with Crippen molar-refractivity contribution in [1.29, 1.82) is 0 Å². The number of thioether (sulfide) groups is 1. The number of rotatable bonds is 7. The summed E-state index contributed by atoms with van der Waals surface area (Å²) in [5.74, 6) is 7.53. The van der Waals surface area contributed by atoms with Gasteiger partial charge in [-0.15, -0.1) is 0 Å². The van der Waals surface area contributed by atoms with Crippen LogP contribution in [0.5, 0.6) is 0 Å². The number of unbranched alkanes of at least 4 members (excludes halogenated alkanes) is 2. The van der Waals surface area contributed by atoms with Crippen LogP contribution in [-0.2, 0) is 0 Å². The summed E-state index contributed by atoms with van der Waals surface area (Å²) in [7, 11) is 0. The van der Waals surface area contributed by atoms with E-state index in [0.29, 0.717) is 6.04 Å². The van der Waals surface area contributed by atoms with Crippen LogP contribution in [0.4, 0.5) is 0 Å². The first-order valence-corrected chi connectivity index (χ1v) is 8.52. The van der Waals surface area contributed by atoms with Crippen molar-refractivity contribution in [3.63, 3.8) is 0 Å². The van der Waals surface area contributed by atoms with Gasteiger partial charge in [0.15, 0.2) is 0 Å². The summed E-state index contributed by atoms with van der Waals surface area (Å²) in [5, 5.41) is 3.42. The second-order valence-corrected chi connectivity index (χ2v) is 5.89. The van der Waals surface area contributed by atoms with Crippen molar-refractivity contribution in [1.82, 2.24) is 10.7 Å². The Labute approximate surface area is 116 Å². The summed E-state index contributed by atoms with van der Waals surface area (Å²) in [6.45, 7) is 0.869. The molecule has 1 saturated carbocycles. The van der Waals surface area contributed by atoms with Crippen molar-refractivity contribution < 1.29 is 0 Å². The highest BCUT2D eigenvalue weighted by Crippen LogP contribution is 2.17. The maximum atomic E-state index is 5.51. The molecule has 0 unspecified atom stereocenters. The minimum absolute atomic E-state index is 0.560. The van der Waals surface area contributed by atoms with Crippen LogP contribution in [0.15, 0.2) is 4.99 Å². The minimum atomic E-state index is 0.560. The van der Waals surface area contributed by atoms with Crippen LogP contribution in [0.1, 0.15) is 51.4 Å². The van der Waals surface area contributed by atoms with Crippen molar-refractivity contribution in [2.45, 2.75) is 57.4 Å². The Kier molecular flexibility index (Phi) is 9.12. The zero-order valence-electron chi connectivity index (χ0n) is 11.6. The van der Waals surface area contributed by atoms with E-state index in [4.69, 9.17) is 5.84 Å². The van der Waals surface area contributed by atoms with Crippen molar-refractivity contribution >= 4 is 17.7 Å². The van der Waals surface area contributed by atoms with Gasteiger partial charge >= 0.3 is 0 Å². The van der Waals surface area contributed by atoms with E-state index in [0.717, 1.165) is 18.9 Å². The molecular formula is C13H28N4S. The molecule has 0 aromatic carbocycles. The van der Waals surface area contributed by atoms with Gasteiger partial charge in [0.1, 0.15) is 0 Å². The van der Waals surface area contributed by atoms with Crippen molar-refractivity contribution in [3.05, 3.63) is 0 Å². The maximum absolute atomic E-state index is 5.51.